The van der Waals surface area contributed by atoms with Gasteiger partial charge in [-0.25, -0.2) is 4.98 Å². The minimum absolute atomic E-state index is 0.0209. The monoisotopic (exact) mass is 364 g/mol. The average Bonchev–Trinajstić information content (AvgIpc) is 3.18. The van der Waals surface area contributed by atoms with E-state index in [4.69, 9.17) is 10.3 Å². The summed E-state index contributed by atoms with van der Waals surface area (Å²) < 4.78 is 18.1. The van der Waals surface area contributed by atoms with Gasteiger partial charge in [-0.1, -0.05) is 23.4 Å². The molecule has 0 aliphatic rings. The minimum atomic E-state index is -0.600. The lowest BCUT2D eigenvalue weighted by Gasteiger charge is -2.17. The van der Waals surface area contributed by atoms with Crippen molar-refractivity contribution in [1.29, 1.82) is 0 Å². The van der Waals surface area contributed by atoms with Crippen LogP contribution in [0.3, 0.4) is 0 Å². The first kappa shape index (κ1) is 16.5. The molecule has 134 valence electrons. The highest BCUT2D eigenvalue weighted by Crippen LogP contribution is 2.24. The molecule has 27 heavy (non-hydrogen) atoms. The number of nitrogen functional groups attached to an aromatic ring is 1. The summed E-state index contributed by atoms with van der Waals surface area (Å²) >= 11 is 0. The van der Waals surface area contributed by atoms with E-state index < -0.39 is 5.95 Å². The van der Waals surface area contributed by atoms with Gasteiger partial charge in [-0.3, -0.25) is 0 Å². The van der Waals surface area contributed by atoms with Gasteiger partial charge in [-0.2, -0.15) is 24.3 Å². The Labute approximate surface area is 152 Å². The zero-order valence-corrected chi connectivity index (χ0v) is 14.1. The van der Waals surface area contributed by atoms with Crippen molar-refractivity contribution in [3.8, 4) is 23.1 Å². The van der Waals surface area contributed by atoms with E-state index in [1.54, 1.807) is 11.9 Å². The number of pyridine rings is 1. The summed E-state index contributed by atoms with van der Waals surface area (Å²) in [4.78, 5) is 22.1. The van der Waals surface area contributed by atoms with Gasteiger partial charge in [0, 0.05) is 18.9 Å². The highest BCUT2D eigenvalue weighted by molar-refractivity contribution is 5.60. The van der Waals surface area contributed by atoms with Gasteiger partial charge in [0.15, 0.2) is 0 Å². The first-order valence-corrected chi connectivity index (χ1v) is 7.86. The number of anilines is 3. The van der Waals surface area contributed by atoms with Crippen molar-refractivity contribution in [3.05, 3.63) is 54.6 Å². The van der Waals surface area contributed by atoms with Crippen LogP contribution in [0.5, 0.6) is 0 Å². The molecule has 4 aromatic rings. The first-order chi connectivity index (χ1) is 13.1. The molecule has 2 N–H and O–H groups in total. The van der Waals surface area contributed by atoms with E-state index in [9.17, 15) is 4.39 Å². The van der Waals surface area contributed by atoms with Crippen LogP contribution in [-0.4, -0.2) is 37.1 Å². The normalized spacial score (nSPS) is 10.7. The van der Waals surface area contributed by atoms with E-state index in [2.05, 4.69) is 30.1 Å². The highest BCUT2D eigenvalue weighted by Gasteiger charge is 2.17. The Kier molecular flexibility index (Phi) is 4.13. The van der Waals surface area contributed by atoms with Crippen molar-refractivity contribution in [1.82, 2.24) is 30.1 Å². The first-order valence-electron chi connectivity index (χ1n) is 7.86. The Hall–Kier alpha value is -3.95. The fourth-order valence-electron chi connectivity index (χ4n) is 2.33. The lowest BCUT2D eigenvalue weighted by molar-refractivity contribution is 0.431. The molecule has 0 aliphatic carbocycles. The predicted molar refractivity (Wildman–Crippen MR) is 95.2 cm³/mol. The molecule has 3 heterocycles. The number of aromatic nitrogens is 6. The van der Waals surface area contributed by atoms with Gasteiger partial charge in [-0.15, -0.1) is 0 Å². The number of benzene rings is 1. The number of halogens is 1. The zero-order chi connectivity index (χ0) is 18.8. The lowest BCUT2D eigenvalue weighted by Crippen LogP contribution is -2.15. The van der Waals surface area contributed by atoms with Crippen LogP contribution in [0, 0.1) is 5.95 Å². The van der Waals surface area contributed by atoms with Crippen LogP contribution < -0.4 is 10.6 Å². The molecule has 0 unspecified atom stereocenters. The standard InChI is InChI=1S/C17H13FN8O/c1-26(11-5-3-2-4-6-11)17-23-13(22-16(19)24-17)14-21-15(27-25-14)10-7-8-12(18)20-9-10/h2-9H,1H3,(H2,19,22,23,24). The van der Waals surface area contributed by atoms with Crippen molar-refractivity contribution in [2.24, 2.45) is 0 Å². The Morgan fingerprint density at radius 3 is 2.52 bits per heavy atom. The van der Waals surface area contributed by atoms with E-state index in [1.807, 2.05) is 30.3 Å². The van der Waals surface area contributed by atoms with Crippen molar-refractivity contribution >= 4 is 17.6 Å². The molecule has 9 nitrogen and oxygen atoms in total. The molecule has 0 spiro atoms. The average molecular weight is 364 g/mol. The number of hydrogen-bond donors (Lipinski definition) is 1. The summed E-state index contributed by atoms with van der Waals surface area (Å²) in [6.07, 6.45) is 1.29. The number of rotatable bonds is 4. The summed E-state index contributed by atoms with van der Waals surface area (Å²) in [7, 11) is 1.81. The van der Waals surface area contributed by atoms with Crippen LogP contribution in [0.2, 0.25) is 0 Å². The molecule has 0 saturated heterocycles. The highest BCUT2D eigenvalue weighted by atomic mass is 19.1. The van der Waals surface area contributed by atoms with Crippen molar-refractivity contribution < 1.29 is 8.91 Å². The number of nitrogens with zero attached hydrogens (tertiary/aromatic N) is 7. The van der Waals surface area contributed by atoms with Gasteiger partial charge in [0.2, 0.25) is 29.5 Å². The molecule has 4 rings (SSSR count). The van der Waals surface area contributed by atoms with Gasteiger partial charge >= 0.3 is 0 Å². The van der Waals surface area contributed by atoms with Gasteiger partial charge in [0.25, 0.3) is 5.89 Å². The fraction of sp³-hybridized carbons (Fsp3) is 0.0588. The van der Waals surface area contributed by atoms with Gasteiger partial charge in [0.05, 0.1) is 5.56 Å². The Morgan fingerprint density at radius 1 is 0.963 bits per heavy atom. The van der Waals surface area contributed by atoms with Crippen LogP contribution >= 0.6 is 0 Å². The quantitative estimate of drug-likeness (QED) is 0.544. The van der Waals surface area contributed by atoms with Gasteiger partial charge in [0.1, 0.15) is 0 Å². The smallest absolute Gasteiger partial charge is 0.259 e. The molecule has 0 bridgehead atoms. The number of nitrogens with two attached hydrogens (primary N) is 1. The third-order valence-corrected chi connectivity index (χ3v) is 3.68. The maximum atomic E-state index is 13.0. The zero-order valence-electron chi connectivity index (χ0n) is 14.1. The Morgan fingerprint density at radius 2 is 1.78 bits per heavy atom. The van der Waals surface area contributed by atoms with E-state index in [-0.39, 0.29) is 23.5 Å². The van der Waals surface area contributed by atoms with Crippen LogP contribution in [0.4, 0.5) is 22.0 Å². The van der Waals surface area contributed by atoms with Crippen LogP contribution in [0.25, 0.3) is 23.1 Å². The molecule has 1 aromatic carbocycles. The van der Waals surface area contributed by atoms with E-state index in [0.29, 0.717) is 11.5 Å². The molecule has 0 radical (unpaired) electrons. The molecule has 0 fully saturated rings. The van der Waals surface area contributed by atoms with E-state index >= 15 is 0 Å². The van der Waals surface area contributed by atoms with Gasteiger partial charge < -0.3 is 15.2 Å². The summed E-state index contributed by atoms with van der Waals surface area (Å²) in [5.74, 6) is 0.203. The van der Waals surface area contributed by atoms with Crippen LogP contribution in [0.15, 0.2) is 53.2 Å². The minimum Gasteiger partial charge on any atom is -0.368 e. The third-order valence-electron chi connectivity index (χ3n) is 3.68. The number of para-hydroxylation sites is 1. The van der Waals surface area contributed by atoms with Crippen LogP contribution in [-0.2, 0) is 0 Å². The maximum Gasteiger partial charge on any atom is 0.259 e. The Balaban J connectivity index is 1.69. The Bertz CT molecular complexity index is 1070. The molecular formula is C17H13FN8O. The van der Waals surface area contributed by atoms with Crippen molar-refractivity contribution in [2.75, 3.05) is 17.7 Å². The molecule has 0 saturated carbocycles. The molecule has 0 aliphatic heterocycles. The fourth-order valence-corrected chi connectivity index (χ4v) is 2.33. The van der Waals surface area contributed by atoms with E-state index in [0.717, 1.165) is 5.69 Å². The molecule has 0 atom stereocenters. The predicted octanol–water partition coefficient (Wildman–Crippen LogP) is 2.47. The summed E-state index contributed by atoms with van der Waals surface area (Å²) in [5, 5.41) is 3.87. The van der Waals surface area contributed by atoms with Gasteiger partial charge in [-0.05, 0) is 24.3 Å². The lowest BCUT2D eigenvalue weighted by atomic mass is 10.3. The van der Waals surface area contributed by atoms with Crippen molar-refractivity contribution in [2.45, 2.75) is 0 Å². The molecule has 0 amide bonds. The van der Waals surface area contributed by atoms with E-state index in [1.165, 1.54) is 18.3 Å². The second kappa shape index (κ2) is 6.75. The van der Waals surface area contributed by atoms with Crippen molar-refractivity contribution in [3.63, 3.8) is 0 Å². The second-order valence-corrected chi connectivity index (χ2v) is 5.50. The molecule has 10 heteroatoms. The van der Waals surface area contributed by atoms with Crippen LogP contribution in [0.1, 0.15) is 0 Å². The summed E-state index contributed by atoms with van der Waals surface area (Å²) in [5.41, 5.74) is 7.17. The third kappa shape index (κ3) is 3.40. The summed E-state index contributed by atoms with van der Waals surface area (Å²) in [6.45, 7) is 0. The largest absolute Gasteiger partial charge is 0.368 e. The second-order valence-electron chi connectivity index (χ2n) is 5.50. The molecular weight excluding hydrogens is 351 g/mol. The number of hydrogen-bond acceptors (Lipinski definition) is 9. The molecule has 3 aromatic heterocycles. The topological polar surface area (TPSA) is 120 Å². The maximum absolute atomic E-state index is 13.0. The summed E-state index contributed by atoms with van der Waals surface area (Å²) in [6, 6.07) is 12.2. The SMILES string of the molecule is CN(c1ccccc1)c1nc(N)nc(-c2noc(-c3ccc(F)nc3)n2)n1.